The van der Waals surface area contributed by atoms with Gasteiger partial charge in [0.15, 0.2) is 0 Å². The standard InChI is InChI=1S/C25H31N3O3/c1-4-28-15-7-8-18(28)16-26-24(29)22-20-9-5-6-10-21(20)25(30)27(2)23(22)17-11-13-19(31-3)14-12-17/h5-6,9-14,18,22-23H,4,7-8,15-16H2,1-3H3,(H,26,29). The molecular formula is C25H31N3O3. The lowest BCUT2D eigenvalue weighted by molar-refractivity contribution is -0.124. The number of methoxy groups -OCH3 is 1. The topological polar surface area (TPSA) is 61.9 Å². The van der Waals surface area contributed by atoms with Gasteiger partial charge in [-0.05, 0) is 55.3 Å². The van der Waals surface area contributed by atoms with Crippen molar-refractivity contribution < 1.29 is 14.3 Å². The lowest BCUT2D eigenvalue weighted by Crippen LogP contribution is -2.47. The number of ether oxygens (including phenoxy) is 1. The molecule has 1 N–H and O–H groups in total. The second kappa shape index (κ2) is 9.10. The molecule has 2 aromatic rings. The lowest BCUT2D eigenvalue weighted by Gasteiger charge is -2.40. The Kier molecular flexibility index (Phi) is 6.28. The van der Waals surface area contributed by atoms with Crippen molar-refractivity contribution in [1.29, 1.82) is 0 Å². The maximum absolute atomic E-state index is 13.6. The van der Waals surface area contributed by atoms with E-state index in [0.29, 0.717) is 18.2 Å². The summed E-state index contributed by atoms with van der Waals surface area (Å²) in [7, 11) is 3.41. The SMILES string of the molecule is CCN1CCCC1CNC(=O)C1c2ccccc2C(=O)N(C)C1c1ccc(OC)cc1. The van der Waals surface area contributed by atoms with Crippen LogP contribution in [-0.2, 0) is 4.79 Å². The average molecular weight is 422 g/mol. The molecule has 2 amide bonds. The molecule has 0 aromatic heterocycles. The number of fused-ring (bicyclic) bond motifs is 1. The van der Waals surface area contributed by atoms with E-state index in [9.17, 15) is 9.59 Å². The Balaban J connectivity index is 1.66. The van der Waals surface area contributed by atoms with Crippen molar-refractivity contribution >= 4 is 11.8 Å². The first kappa shape index (κ1) is 21.4. The van der Waals surface area contributed by atoms with E-state index in [-0.39, 0.29) is 17.9 Å². The van der Waals surface area contributed by atoms with E-state index < -0.39 is 5.92 Å². The Morgan fingerprint density at radius 3 is 2.61 bits per heavy atom. The zero-order valence-electron chi connectivity index (χ0n) is 18.5. The minimum Gasteiger partial charge on any atom is -0.497 e. The Labute approximate surface area is 184 Å². The molecule has 3 unspecified atom stereocenters. The van der Waals surface area contributed by atoms with E-state index in [2.05, 4.69) is 17.1 Å². The largest absolute Gasteiger partial charge is 0.497 e. The maximum atomic E-state index is 13.6. The molecule has 6 nitrogen and oxygen atoms in total. The summed E-state index contributed by atoms with van der Waals surface area (Å²) in [5.74, 6) is 0.184. The number of carbonyl (C=O) groups is 2. The highest BCUT2D eigenvalue weighted by Crippen LogP contribution is 2.42. The molecule has 4 rings (SSSR count). The molecule has 2 aromatic carbocycles. The number of hydrogen-bond acceptors (Lipinski definition) is 4. The fourth-order valence-corrected chi connectivity index (χ4v) is 5.05. The van der Waals surface area contributed by atoms with Gasteiger partial charge in [0, 0.05) is 25.2 Å². The number of hydrogen-bond donors (Lipinski definition) is 1. The third kappa shape index (κ3) is 4.04. The third-order valence-corrected chi connectivity index (χ3v) is 6.74. The molecular weight excluding hydrogens is 390 g/mol. The van der Waals surface area contributed by atoms with Crippen LogP contribution in [0, 0.1) is 0 Å². The molecule has 3 atom stereocenters. The predicted molar refractivity (Wildman–Crippen MR) is 120 cm³/mol. The van der Waals surface area contributed by atoms with Crippen LogP contribution in [0.25, 0.3) is 0 Å². The highest BCUT2D eigenvalue weighted by molar-refractivity contribution is 6.01. The minimum atomic E-state index is -0.469. The number of likely N-dealkylation sites (tertiary alicyclic amines) is 1. The van der Waals surface area contributed by atoms with Gasteiger partial charge in [0.05, 0.1) is 19.1 Å². The van der Waals surface area contributed by atoms with E-state index in [1.165, 1.54) is 6.42 Å². The number of rotatable bonds is 6. The van der Waals surface area contributed by atoms with Gasteiger partial charge in [0.1, 0.15) is 5.75 Å². The molecule has 2 heterocycles. The average Bonchev–Trinajstić information content (AvgIpc) is 3.27. The van der Waals surface area contributed by atoms with E-state index in [4.69, 9.17) is 4.74 Å². The van der Waals surface area contributed by atoms with E-state index in [0.717, 1.165) is 36.4 Å². The van der Waals surface area contributed by atoms with Gasteiger partial charge in [-0.2, -0.15) is 0 Å². The number of carbonyl (C=O) groups excluding carboxylic acids is 2. The number of likely N-dealkylation sites (N-methyl/N-ethyl adjacent to an activating group) is 2. The number of amides is 2. The van der Waals surface area contributed by atoms with Crippen LogP contribution in [0.4, 0.5) is 0 Å². The molecule has 0 aliphatic carbocycles. The Hall–Kier alpha value is -2.86. The van der Waals surface area contributed by atoms with Crippen molar-refractivity contribution in [3.05, 3.63) is 65.2 Å². The number of benzene rings is 2. The predicted octanol–water partition coefficient (Wildman–Crippen LogP) is 3.21. The van der Waals surface area contributed by atoms with Crippen molar-refractivity contribution in [2.24, 2.45) is 0 Å². The molecule has 164 valence electrons. The summed E-state index contributed by atoms with van der Waals surface area (Å²) in [4.78, 5) is 30.8. The normalized spacial score (nSPS) is 23.5. The molecule has 2 aliphatic heterocycles. The third-order valence-electron chi connectivity index (χ3n) is 6.74. The van der Waals surface area contributed by atoms with Gasteiger partial charge in [-0.1, -0.05) is 37.3 Å². The fraction of sp³-hybridized carbons (Fsp3) is 0.440. The summed E-state index contributed by atoms with van der Waals surface area (Å²) in [5.41, 5.74) is 2.32. The Bertz CT molecular complexity index is 943. The van der Waals surface area contributed by atoms with Gasteiger partial charge in [-0.3, -0.25) is 14.5 Å². The van der Waals surface area contributed by atoms with Gasteiger partial charge in [-0.15, -0.1) is 0 Å². The van der Waals surface area contributed by atoms with Crippen LogP contribution in [0.15, 0.2) is 48.5 Å². The van der Waals surface area contributed by atoms with Crippen LogP contribution in [0.5, 0.6) is 5.75 Å². The smallest absolute Gasteiger partial charge is 0.254 e. The molecule has 31 heavy (non-hydrogen) atoms. The van der Waals surface area contributed by atoms with Crippen LogP contribution < -0.4 is 10.1 Å². The molecule has 0 radical (unpaired) electrons. The Morgan fingerprint density at radius 2 is 1.90 bits per heavy atom. The monoisotopic (exact) mass is 421 g/mol. The first-order valence-corrected chi connectivity index (χ1v) is 11.1. The Morgan fingerprint density at radius 1 is 1.16 bits per heavy atom. The quantitative estimate of drug-likeness (QED) is 0.778. The summed E-state index contributed by atoms with van der Waals surface area (Å²) in [6, 6.07) is 15.1. The lowest BCUT2D eigenvalue weighted by atomic mass is 9.79. The summed E-state index contributed by atoms with van der Waals surface area (Å²) in [6.45, 7) is 4.89. The van der Waals surface area contributed by atoms with Crippen molar-refractivity contribution in [2.45, 2.75) is 37.8 Å². The molecule has 0 bridgehead atoms. The van der Waals surface area contributed by atoms with Gasteiger partial charge >= 0.3 is 0 Å². The van der Waals surface area contributed by atoms with Crippen LogP contribution in [0.1, 0.15) is 53.2 Å². The molecule has 0 saturated carbocycles. The van der Waals surface area contributed by atoms with Gasteiger partial charge in [0.25, 0.3) is 5.91 Å². The van der Waals surface area contributed by atoms with Crippen molar-refractivity contribution in [3.8, 4) is 5.75 Å². The molecule has 1 fully saturated rings. The second-order valence-electron chi connectivity index (χ2n) is 8.37. The molecule has 1 saturated heterocycles. The van der Waals surface area contributed by atoms with E-state index >= 15 is 0 Å². The summed E-state index contributed by atoms with van der Waals surface area (Å²) >= 11 is 0. The summed E-state index contributed by atoms with van der Waals surface area (Å²) < 4.78 is 5.29. The van der Waals surface area contributed by atoms with Crippen molar-refractivity contribution in [2.75, 3.05) is 33.8 Å². The van der Waals surface area contributed by atoms with Crippen LogP contribution in [0.2, 0.25) is 0 Å². The molecule has 0 spiro atoms. The van der Waals surface area contributed by atoms with Gasteiger partial charge in [0.2, 0.25) is 5.91 Å². The van der Waals surface area contributed by atoms with Crippen LogP contribution in [-0.4, -0.2) is 61.4 Å². The van der Waals surface area contributed by atoms with Gasteiger partial charge < -0.3 is 15.0 Å². The minimum absolute atomic E-state index is 0.0319. The zero-order chi connectivity index (χ0) is 22.0. The highest BCUT2D eigenvalue weighted by atomic mass is 16.5. The molecule has 6 heteroatoms. The van der Waals surface area contributed by atoms with Crippen LogP contribution in [0.3, 0.4) is 0 Å². The van der Waals surface area contributed by atoms with E-state index in [1.807, 2.05) is 48.5 Å². The van der Waals surface area contributed by atoms with Crippen LogP contribution >= 0.6 is 0 Å². The van der Waals surface area contributed by atoms with Gasteiger partial charge in [-0.25, -0.2) is 0 Å². The molecule has 2 aliphatic rings. The first-order valence-electron chi connectivity index (χ1n) is 11.1. The van der Waals surface area contributed by atoms with E-state index in [1.54, 1.807) is 19.1 Å². The van der Waals surface area contributed by atoms with Crippen molar-refractivity contribution in [1.82, 2.24) is 15.1 Å². The number of nitrogens with one attached hydrogen (secondary N) is 1. The maximum Gasteiger partial charge on any atom is 0.254 e. The highest BCUT2D eigenvalue weighted by Gasteiger charge is 2.42. The summed E-state index contributed by atoms with van der Waals surface area (Å²) in [5, 5.41) is 3.21. The summed E-state index contributed by atoms with van der Waals surface area (Å²) in [6.07, 6.45) is 2.28. The second-order valence-corrected chi connectivity index (χ2v) is 8.37. The fourth-order valence-electron chi connectivity index (χ4n) is 5.05. The first-order chi connectivity index (χ1) is 15.0. The van der Waals surface area contributed by atoms with Crippen molar-refractivity contribution in [3.63, 3.8) is 0 Å². The zero-order valence-corrected chi connectivity index (χ0v) is 18.5. The number of nitrogens with zero attached hydrogens (tertiary/aromatic N) is 2.